The molecule has 6 nitrogen and oxygen atoms in total. The number of aliphatic hydroxyl groups excluding tert-OH is 1. The van der Waals surface area contributed by atoms with Crippen molar-refractivity contribution < 1.29 is 19.4 Å². The summed E-state index contributed by atoms with van der Waals surface area (Å²) in [5, 5.41) is 14.1. The highest BCUT2D eigenvalue weighted by atomic mass is 16.5. The molecule has 0 aliphatic carbocycles. The molecule has 0 aromatic heterocycles. The SMILES string of the molecule is CNC(O)COCCOCCNC=O. The average Bonchev–Trinajstić information content (AvgIpc) is 2.21. The maximum Gasteiger partial charge on any atom is 0.207 e. The summed E-state index contributed by atoms with van der Waals surface area (Å²) >= 11 is 0. The smallest absolute Gasteiger partial charge is 0.207 e. The summed E-state index contributed by atoms with van der Waals surface area (Å²) in [5.74, 6) is 0. The molecule has 0 aromatic rings. The molecule has 0 aliphatic heterocycles. The molecule has 0 rings (SSSR count). The van der Waals surface area contributed by atoms with Gasteiger partial charge in [0.1, 0.15) is 6.23 Å². The van der Waals surface area contributed by atoms with Crippen molar-refractivity contribution in [3.05, 3.63) is 0 Å². The van der Waals surface area contributed by atoms with E-state index in [2.05, 4.69) is 10.6 Å². The Morgan fingerprint density at radius 2 is 2.07 bits per heavy atom. The first-order valence-corrected chi connectivity index (χ1v) is 4.49. The molecule has 0 saturated heterocycles. The highest BCUT2D eigenvalue weighted by molar-refractivity contribution is 5.45. The van der Waals surface area contributed by atoms with Crippen LogP contribution in [0.3, 0.4) is 0 Å². The molecule has 3 N–H and O–H groups in total. The van der Waals surface area contributed by atoms with Crippen LogP contribution in [0.1, 0.15) is 0 Å². The van der Waals surface area contributed by atoms with Gasteiger partial charge >= 0.3 is 0 Å². The van der Waals surface area contributed by atoms with Crippen molar-refractivity contribution in [1.82, 2.24) is 10.6 Å². The van der Waals surface area contributed by atoms with Crippen LogP contribution in [0.5, 0.6) is 0 Å². The minimum absolute atomic E-state index is 0.243. The maximum absolute atomic E-state index is 9.82. The van der Waals surface area contributed by atoms with Gasteiger partial charge in [0.2, 0.25) is 6.41 Å². The zero-order chi connectivity index (χ0) is 10.6. The van der Waals surface area contributed by atoms with Crippen LogP contribution in [0.4, 0.5) is 0 Å². The normalized spacial score (nSPS) is 12.4. The van der Waals surface area contributed by atoms with E-state index in [1.54, 1.807) is 7.05 Å². The van der Waals surface area contributed by atoms with Gasteiger partial charge in [-0.15, -0.1) is 0 Å². The van der Waals surface area contributed by atoms with Crippen molar-refractivity contribution in [2.45, 2.75) is 6.23 Å². The monoisotopic (exact) mass is 206 g/mol. The molecular formula is C8H18N2O4. The fourth-order valence-electron chi connectivity index (χ4n) is 0.688. The maximum atomic E-state index is 9.82. The Morgan fingerprint density at radius 1 is 1.36 bits per heavy atom. The van der Waals surface area contributed by atoms with E-state index in [4.69, 9.17) is 14.6 Å². The number of rotatable bonds is 10. The number of amides is 1. The van der Waals surface area contributed by atoms with Crippen LogP contribution >= 0.6 is 0 Å². The molecule has 0 aromatic carbocycles. The molecule has 14 heavy (non-hydrogen) atoms. The first-order valence-electron chi connectivity index (χ1n) is 4.49. The Balaban J connectivity index is 2.95. The second-order valence-electron chi connectivity index (χ2n) is 2.56. The van der Waals surface area contributed by atoms with Gasteiger partial charge in [-0.05, 0) is 7.05 Å². The molecule has 0 fully saturated rings. The van der Waals surface area contributed by atoms with E-state index in [0.717, 1.165) is 0 Å². The number of likely N-dealkylation sites (N-methyl/N-ethyl adjacent to an activating group) is 1. The van der Waals surface area contributed by atoms with Gasteiger partial charge in [0, 0.05) is 6.54 Å². The van der Waals surface area contributed by atoms with E-state index in [1.807, 2.05) is 0 Å². The van der Waals surface area contributed by atoms with Gasteiger partial charge in [-0.3, -0.25) is 10.1 Å². The van der Waals surface area contributed by atoms with Crippen LogP contribution in [0.2, 0.25) is 0 Å². The summed E-state index contributed by atoms with van der Waals surface area (Å²) in [5.41, 5.74) is 0. The van der Waals surface area contributed by atoms with Crippen LogP contribution in [0, 0.1) is 0 Å². The molecule has 1 atom stereocenters. The lowest BCUT2D eigenvalue weighted by molar-refractivity contribution is -0.109. The molecule has 6 heteroatoms. The highest BCUT2D eigenvalue weighted by Gasteiger charge is 1.98. The Bertz CT molecular complexity index is 135. The van der Waals surface area contributed by atoms with Crippen molar-refractivity contribution in [2.75, 3.05) is 40.0 Å². The van der Waals surface area contributed by atoms with Crippen LogP contribution in [-0.4, -0.2) is 57.8 Å². The first kappa shape index (κ1) is 13.3. The Labute approximate surface area is 83.6 Å². The standard InChI is InChI=1S/C8H18N2O4/c1-9-8(12)6-14-5-4-13-3-2-10-7-11/h7-9,12H,2-6H2,1H3,(H,10,11). The summed E-state index contributed by atoms with van der Waals surface area (Å²) in [6, 6.07) is 0. The van der Waals surface area contributed by atoms with E-state index < -0.39 is 6.23 Å². The van der Waals surface area contributed by atoms with Crippen LogP contribution in [-0.2, 0) is 14.3 Å². The lowest BCUT2D eigenvalue weighted by atomic mass is 10.6. The fourth-order valence-corrected chi connectivity index (χ4v) is 0.688. The molecule has 0 bridgehead atoms. The van der Waals surface area contributed by atoms with E-state index >= 15 is 0 Å². The third-order valence-electron chi connectivity index (χ3n) is 1.46. The Kier molecular flexibility index (Phi) is 9.88. The largest absolute Gasteiger partial charge is 0.377 e. The van der Waals surface area contributed by atoms with Crippen LogP contribution in [0.15, 0.2) is 0 Å². The summed E-state index contributed by atoms with van der Waals surface area (Å²) in [4.78, 5) is 9.82. The van der Waals surface area contributed by atoms with Crippen LogP contribution in [0.25, 0.3) is 0 Å². The molecule has 0 saturated carbocycles. The molecule has 1 unspecified atom stereocenters. The third kappa shape index (κ3) is 9.40. The molecule has 0 radical (unpaired) electrons. The van der Waals surface area contributed by atoms with Gasteiger partial charge < -0.3 is 19.9 Å². The fraction of sp³-hybridized carbons (Fsp3) is 0.875. The van der Waals surface area contributed by atoms with Gasteiger partial charge in [-0.2, -0.15) is 0 Å². The molecule has 0 heterocycles. The van der Waals surface area contributed by atoms with Crippen LogP contribution < -0.4 is 10.6 Å². The van der Waals surface area contributed by atoms with Crippen molar-refractivity contribution in [2.24, 2.45) is 0 Å². The molecule has 84 valence electrons. The molecular weight excluding hydrogens is 188 g/mol. The summed E-state index contributed by atoms with van der Waals surface area (Å²) in [6.45, 7) is 2.10. The molecule has 0 aliphatic rings. The van der Waals surface area contributed by atoms with E-state index in [1.165, 1.54) is 0 Å². The lowest BCUT2D eigenvalue weighted by Crippen LogP contribution is -2.30. The number of nitrogens with one attached hydrogen (secondary N) is 2. The van der Waals surface area contributed by atoms with Crippen molar-refractivity contribution in [3.8, 4) is 0 Å². The predicted octanol–water partition coefficient (Wildman–Crippen LogP) is -1.70. The van der Waals surface area contributed by atoms with Gasteiger partial charge in [0.05, 0.1) is 26.4 Å². The van der Waals surface area contributed by atoms with E-state index in [-0.39, 0.29) is 6.61 Å². The van der Waals surface area contributed by atoms with Crippen molar-refractivity contribution in [3.63, 3.8) is 0 Å². The summed E-state index contributed by atoms with van der Waals surface area (Å²) in [6.07, 6.45) is -0.00455. The summed E-state index contributed by atoms with van der Waals surface area (Å²) in [7, 11) is 1.65. The number of hydrogen-bond acceptors (Lipinski definition) is 5. The number of carbonyl (C=O) groups is 1. The zero-order valence-electron chi connectivity index (χ0n) is 8.36. The minimum atomic E-state index is -0.633. The Morgan fingerprint density at radius 3 is 2.71 bits per heavy atom. The lowest BCUT2D eigenvalue weighted by Gasteiger charge is -2.09. The summed E-state index contributed by atoms with van der Waals surface area (Å²) < 4.78 is 10.2. The number of hydrogen-bond donors (Lipinski definition) is 3. The van der Waals surface area contributed by atoms with Gasteiger partial charge in [-0.25, -0.2) is 0 Å². The first-order chi connectivity index (χ1) is 6.81. The number of aliphatic hydroxyl groups is 1. The molecule has 1 amide bonds. The van der Waals surface area contributed by atoms with Gasteiger partial charge in [0.25, 0.3) is 0 Å². The van der Waals surface area contributed by atoms with E-state index in [0.29, 0.717) is 32.8 Å². The topological polar surface area (TPSA) is 79.8 Å². The quantitative estimate of drug-likeness (QED) is 0.226. The molecule has 0 spiro atoms. The average molecular weight is 206 g/mol. The van der Waals surface area contributed by atoms with Gasteiger partial charge in [0.15, 0.2) is 0 Å². The van der Waals surface area contributed by atoms with Gasteiger partial charge in [-0.1, -0.05) is 0 Å². The van der Waals surface area contributed by atoms with E-state index in [9.17, 15) is 4.79 Å². The zero-order valence-corrected chi connectivity index (χ0v) is 8.36. The number of ether oxygens (including phenoxy) is 2. The van der Waals surface area contributed by atoms with Crippen molar-refractivity contribution in [1.29, 1.82) is 0 Å². The third-order valence-corrected chi connectivity index (χ3v) is 1.46. The predicted molar refractivity (Wildman–Crippen MR) is 50.8 cm³/mol. The minimum Gasteiger partial charge on any atom is -0.377 e. The Hall–Kier alpha value is -0.690. The van der Waals surface area contributed by atoms with Crippen molar-refractivity contribution >= 4 is 6.41 Å². The second-order valence-corrected chi connectivity index (χ2v) is 2.56. The second kappa shape index (κ2) is 10.4. The number of carbonyl (C=O) groups excluding carboxylic acids is 1. The highest BCUT2D eigenvalue weighted by Crippen LogP contribution is 1.81.